The molecule has 2 rings (SSSR count). The maximum absolute atomic E-state index is 11.1. The second-order valence-electron chi connectivity index (χ2n) is 5.57. The summed E-state index contributed by atoms with van der Waals surface area (Å²) in [6, 6.07) is 6.27. The van der Waals surface area contributed by atoms with Gasteiger partial charge in [0, 0.05) is 6.08 Å². The molecular weight excluding hydrogens is 236 g/mol. The van der Waals surface area contributed by atoms with Gasteiger partial charge in [-0.1, -0.05) is 37.5 Å². The lowest BCUT2D eigenvalue weighted by Crippen LogP contribution is -2.10. The van der Waals surface area contributed by atoms with Crippen molar-refractivity contribution in [3.05, 3.63) is 41.0 Å². The number of hydrogen-bond donors (Lipinski definition) is 1. The summed E-state index contributed by atoms with van der Waals surface area (Å²) in [6.07, 6.45) is 7.36. The predicted molar refractivity (Wildman–Crippen MR) is 78.1 cm³/mol. The van der Waals surface area contributed by atoms with E-state index >= 15 is 0 Å². The zero-order valence-corrected chi connectivity index (χ0v) is 11.8. The Balaban J connectivity index is 2.36. The van der Waals surface area contributed by atoms with E-state index in [1.54, 1.807) is 0 Å². The Morgan fingerprint density at radius 3 is 2.42 bits per heavy atom. The lowest BCUT2D eigenvalue weighted by molar-refractivity contribution is -0.131. The maximum atomic E-state index is 11.1. The largest absolute Gasteiger partial charge is 0.478 e. The molecule has 0 spiro atoms. The highest BCUT2D eigenvalue weighted by molar-refractivity contribution is 5.90. The minimum absolute atomic E-state index is 0.409. The van der Waals surface area contributed by atoms with Crippen LogP contribution in [0.2, 0.25) is 0 Å². The Morgan fingerprint density at radius 1 is 1.16 bits per heavy atom. The number of aliphatic carboxylic acids is 1. The van der Waals surface area contributed by atoms with Crippen molar-refractivity contribution in [2.24, 2.45) is 5.92 Å². The minimum Gasteiger partial charge on any atom is -0.478 e. The van der Waals surface area contributed by atoms with Gasteiger partial charge in [-0.2, -0.15) is 0 Å². The first kappa shape index (κ1) is 13.9. The molecule has 2 heteroatoms. The molecule has 1 N–H and O–H groups in total. The van der Waals surface area contributed by atoms with E-state index in [0.29, 0.717) is 5.92 Å². The maximum Gasteiger partial charge on any atom is 0.328 e. The Labute approximate surface area is 115 Å². The van der Waals surface area contributed by atoms with Crippen LogP contribution >= 0.6 is 0 Å². The number of benzene rings is 1. The van der Waals surface area contributed by atoms with Gasteiger partial charge in [0.15, 0.2) is 0 Å². The zero-order chi connectivity index (χ0) is 13.8. The molecule has 0 aliphatic heterocycles. The fourth-order valence-corrected chi connectivity index (χ4v) is 2.90. The molecule has 0 aromatic heterocycles. The van der Waals surface area contributed by atoms with E-state index < -0.39 is 5.97 Å². The summed E-state index contributed by atoms with van der Waals surface area (Å²) in [5, 5.41) is 9.12. The molecular formula is C17H22O2. The predicted octanol–water partition coefficient (Wildman–Crippen LogP) is 4.35. The highest BCUT2D eigenvalue weighted by Gasteiger charge is 2.20. The quantitative estimate of drug-likeness (QED) is 0.818. The van der Waals surface area contributed by atoms with Crippen LogP contribution in [-0.2, 0) is 4.79 Å². The molecule has 0 radical (unpaired) electrons. The molecule has 0 heterocycles. The number of carboxylic acid groups (broad SMARTS) is 1. The summed E-state index contributed by atoms with van der Waals surface area (Å²) in [5.74, 6) is -0.425. The highest BCUT2D eigenvalue weighted by atomic mass is 16.4. The zero-order valence-electron chi connectivity index (χ0n) is 11.8. The molecule has 1 aromatic rings. The summed E-state index contributed by atoms with van der Waals surface area (Å²) in [6.45, 7) is 4.17. The first-order valence-electron chi connectivity index (χ1n) is 7.10. The average Bonchev–Trinajstić information content (AvgIpc) is 2.40. The molecule has 1 fully saturated rings. The van der Waals surface area contributed by atoms with Crippen molar-refractivity contribution in [2.45, 2.75) is 46.0 Å². The summed E-state index contributed by atoms with van der Waals surface area (Å²) in [7, 11) is 0. The van der Waals surface area contributed by atoms with Gasteiger partial charge < -0.3 is 5.11 Å². The number of rotatable bonds is 3. The molecule has 19 heavy (non-hydrogen) atoms. The van der Waals surface area contributed by atoms with Crippen molar-refractivity contribution in [3.63, 3.8) is 0 Å². The summed E-state index contributed by atoms with van der Waals surface area (Å²) in [4.78, 5) is 11.1. The smallest absolute Gasteiger partial charge is 0.328 e. The number of carbonyl (C=O) groups is 1. The third-order valence-electron chi connectivity index (χ3n) is 4.16. The van der Waals surface area contributed by atoms with Crippen molar-refractivity contribution < 1.29 is 9.90 Å². The van der Waals surface area contributed by atoms with Gasteiger partial charge in [0.25, 0.3) is 0 Å². The third-order valence-corrected chi connectivity index (χ3v) is 4.16. The van der Waals surface area contributed by atoms with E-state index in [4.69, 9.17) is 5.11 Å². The van der Waals surface area contributed by atoms with Crippen LogP contribution in [0.3, 0.4) is 0 Å². The van der Waals surface area contributed by atoms with E-state index in [1.807, 2.05) is 0 Å². The summed E-state index contributed by atoms with van der Waals surface area (Å²) < 4.78 is 0. The van der Waals surface area contributed by atoms with Gasteiger partial charge >= 0.3 is 5.97 Å². The van der Waals surface area contributed by atoms with Crippen LogP contribution in [0.1, 0.15) is 48.8 Å². The van der Waals surface area contributed by atoms with E-state index in [2.05, 4.69) is 32.0 Å². The van der Waals surface area contributed by atoms with E-state index in [9.17, 15) is 4.79 Å². The minimum atomic E-state index is -0.834. The Bertz CT molecular complexity index is 494. The van der Waals surface area contributed by atoms with Crippen LogP contribution in [0, 0.1) is 19.8 Å². The first-order valence-corrected chi connectivity index (χ1v) is 7.10. The van der Waals surface area contributed by atoms with Crippen LogP contribution in [0.15, 0.2) is 24.3 Å². The molecule has 2 nitrogen and oxygen atoms in total. The molecule has 1 aromatic carbocycles. The van der Waals surface area contributed by atoms with Crippen molar-refractivity contribution in [1.29, 1.82) is 0 Å². The molecule has 0 saturated heterocycles. The summed E-state index contributed by atoms with van der Waals surface area (Å²) >= 11 is 0. The molecule has 1 aliphatic rings. The van der Waals surface area contributed by atoms with Crippen molar-refractivity contribution in [1.82, 2.24) is 0 Å². The van der Waals surface area contributed by atoms with Crippen molar-refractivity contribution >= 4 is 11.5 Å². The number of aryl methyl sites for hydroxylation is 2. The standard InChI is InChI=1S/C17H22O2/c1-12-8-9-15(10-13(12)2)16(11-17(18)19)14-6-4-3-5-7-14/h8-11,14H,3-7H2,1-2H3,(H,18,19)/b16-11+. The Kier molecular flexibility index (Phi) is 4.41. The Hall–Kier alpha value is -1.57. The molecule has 0 bridgehead atoms. The van der Waals surface area contributed by atoms with E-state index in [-0.39, 0.29) is 0 Å². The average molecular weight is 258 g/mol. The molecule has 0 atom stereocenters. The topological polar surface area (TPSA) is 37.3 Å². The van der Waals surface area contributed by atoms with Crippen molar-refractivity contribution in [3.8, 4) is 0 Å². The number of hydrogen-bond acceptors (Lipinski definition) is 1. The molecule has 1 saturated carbocycles. The molecule has 102 valence electrons. The van der Waals surface area contributed by atoms with Crippen LogP contribution in [0.4, 0.5) is 0 Å². The van der Waals surface area contributed by atoms with Gasteiger partial charge in [-0.25, -0.2) is 4.79 Å². The molecule has 1 aliphatic carbocycles. The molecule has 0 unspecified atom stereocenters. The lowest BCUT2D eigenvalue weighted by atomic mass is 9.80. The monoisotopic (exact) mass is 258 g/mol. The van der Waals surface area contributed by atoms with Crippen LogP contribution < -0.4 is 0 Å². The van der Waals surface area contributed by atoms with Gasteiger partial charge in [-0.05, 0) is 54.9 Å². The van der Waals surface area contributed by atoms with Gasteiger partial charge in [0.2, 0.25) is 0 Å². The fraction of sp³-hybridized carbons (Fsp3) is 0.471. The first-order chi connectivity index (χ1) is 9.08. The van der Waals surface area contributed by atoms with E-state index in [0.717, 1.165) is 24.0 Å². The fourth-order valence-electron chi connectivity index (χ4n) is 2.90. The van der Waals surface area contributed by atoms with Gasteiger partial charge in [-0.3, -0.25) is 0 Å². The van der Waals surface area contributed by atoms with Crippen LogP contribution in [0.25, 0.3) is 5.57 Å². The highest BCUT2D eigenvalue weighted by Crippen LogP contribution is 2.35. The van der Waals surface area contributed by atoms with Gasteiger partial charge in [-0.15, -0.1) is 0 Å². The van der Waals surface area contributed by atoms with Gasteiger partial charge in [0.1, 0.15) is 0 Å². The van der Waals surface area contributed by atoms with Crippen LogP contribution in [0.5, 0.6) is 0 Å². The Morgan fingerprint density at radius 2 is 1.84 bits per heavy atom. The summed E-state index contributed by atoms with van der Waals surface area (Å²) in [5.41, 5.74) is 4.57. The third kappa shape index (κ3) is 3.46. The second kappa shape index (κ2) is 6.05. The van der Waals surface area contributed by atoms with E-state index in [1.165, 1.54) is 36.5 Å². The SMILES string of the molecule is Cc1ccc(/C(=C/C(=O)O)C2CCCCC2)cc1C. The number of allylic oxidation sites excluding steroid dienone is 1. The van der Waals surface area contributed by atoms with Crippen LogP contribution in [-0.4, -0.2) is 11.1 Å². The lowest BCUT2D eigenvalue weighted by Gasteiger charge is -2.25. The van der Waals surface area contributed by atoms with Gasteiger partial charge in [0.05, 0.1) is 0 Å². The molecule has 0 amide bonds. The normalized spacial score (nSPS) is 17.5. The second-order valence-corrected chi connectivity index (χ2v) is 5.57. The number of carboxylic acids is 1. The van der Waals surface area contributed by atoms with Crippen molar-refractivity contribution in [2.75, 3.05) is 0 Å².